The number of carbonyl (C=O) groups is 1. The molecule has 46 heavy (non-hydrogen) atoms. The quantitative estimate of drug-likeness (QED) is 0.149. The number of aliphatic hydroxyl groups is 2. The lowest BCUT2D eigenvalue weighted by Gasteiger charge is -2.39. The molecule has 1 saturated heterocycles. The van der Waals surface area contributed by atoms with E-state index in [0.29, 0.717) is 26.1 Å². The highest BCUT2D eigenvalue weighted by Crippen LogP contribution is 2.39. The van der Waals surface area contributed by atoms with Gasteiger partial charge in [-0.3, -0.25) is 4.90 Å². The number of nitrogens with zero attached hydrogens (tertiary/aromatic N) is 1. The lowest BCUT2D eigenvalue weighted by atomic mass is 9.97. The zero-order valence-corrected chi connectivity index (χ0v) is 26.8. The number of nitrogens with one attached hydrogen (secondary N) is 2. The third kappa shape index (κ3) is 8.60. The van der Waals surface area contributed by atoms with Crippen LogP contribution in [0.5, 0.6) is 0 Å². The zero-order chi connectivity index (χ0) is 32.5. The van der Waals surface area contributed by atoms with E-state index in [4.69, 9.17) is 9.47 Å². The van der Waals surface area contributed by atoms with Gasteiger partial charge in [0, 0.05) is 37.7 Å². The molecule has 8 nitrogen and oxygen atoms in total. The summed E-state index contributed by atoms with van der Waals surface area (Å²) in [5.74, 6) is 0. The Morgan fingerprint density at radius 3 is 2.30 bits per heavy atom. The minimum atomic E-state index is -0.632. The predicted molar refractivity (Wildman–Crippen MR) is 180 cm³/mol. The van der Waals surface area contributed by atoms with Crippen molar-refractivity contribution in [2.45, 2.75) is 64.1 Å². The monoisotopic (exact) mass is 623 g/mol. The van der Waals surface area contributed by atoms with E-state index in [9.17, 15) is 15.0 Å². The van der Waals surface area contributed by atoms with Crippen molar-refractivity contribution in [3.8, 4) is 11.1 Å². The fraction of sp³-hybridized carbons (Fsp3) is 0.342. The Morgan fingerprint density at radius 2 is 1.59 bits per heavy atom. The molecule has 1 heterocycles. The van der Waals surface area contributed by atoms with Gasteiger partial charge in [0.1, 0.15) is 0 Å². The summed E-state index contributed by atoms with van der Waals surface area (Å²) in [6.45, 7) is 5.52. The van der Waals surface area contributed by atoms with Crippen LogP contribution in [0.15, 0.2) is 103 Å². The lowest BCUT2D eigenvalue weighted by molar-refractivity contribution is -0.253. The molecular formula is C38H45N3O5. The Bertz CT molecular complexity index is 1550. The average Bonchev–Trinajstić information content (AvgIpc) is 3.10. The SMILES string of the molecule is CCNC(=O)NCc1cccc(-c2cccc([C@H]3O[C@@H](CN(C)[C@@H](C)[C@H](O)c4ccccc4)C[C@@H](c4ccc(CO)cc4)O3)c2)c1. The molecular weight excluding hydrogens is 578 g/mol. The maximum atomic E-state index is 11.9. The van der Waals surface area contributed by atoms with Crippen LogP contribution in [0.4, 0.5) is 4.79 Å². The number of hydrogen-bond acceptors (Lipinski definition) is 6. The van der Waals surface area contributed by atoms with Gasteiger partial charge in [0.05, 0.1) is 24.9 Å². The Labute approximate surface area is 272 Å². The maximum Gasteiger partial charge on any atom is 0.315 e. The largest absolute Gasteiger partial charge is 0.392 e. The molecule has 4 N–H and O–H groups in total. The summed E-state index contributed by atoms with van der Waals surface area (Å²) in [6.07, 6.45) is -0.970. The number of aliphatic hydroxyl groups excluding tert-OH is 2. The first kappa shape index (κ1) is 33.3. The second kappa shape index (κ2) is 16.0. The second-order valence-corrected chi connectivity index (χ2v) is 11.9. The van der Waals surface area contributed by atoms with Gasteiger partial charge in [-0.1, -0.05) is 91.0 Å². The van der Waals surface area contributed by atoms with E-state index in [1.165, 1.54) is 0 Å². The van der Waals surface area contributed by atoms with Gasteiger partial charge < -0.3 is 30.3 Å². The smallest absolute Gasteiger partial charge is 0.315 e. The Kier molecular flexibility index (Phi) is 11.6. The van der Waals surface area contributed by atoms with Crippen LogP contribution < -0.4 is 10.6 Å². The molecule has 8 heteroatoms. The molecule has 0 saturated carbocycles. The van der Waals surface area contributed by atoms with Crippen molar-refractivity contribution in [2.24, 2.45) is 0 Å². The van der Waals surface area contributed by atoms with E-state index in [0.717, 1.165) is 38.9 Å². The summed E-state index contributed by atoms with van der Waals surface area (Å²) < 4.78 is 13.3. The van der Waals surface area contributed by atoms with Crippen molar-refractivity contribution in [2.75, 3.05) is 20.1 Å². The molecule has 0 aliphatic carbocycles. The van der Waals surface area contributed by atoms with E-state index in [-0.39, 0.29) is 30.9 Å². The number of rotatable bonds is 12. The topological polar surface area (TPSA) is 103 Å². The number of benzene rings is 4. The van der Waals surface area contributed by atoms with E-state index in [2.05, 4.69) is 39.8 Å². The highest BCUT2D eigenvalue weighted by molar-refractivity contribution is 5.74. The Hall–Kier alpha value is -4.05. The Balaban J connectivity index is 1.36. The van der Waals surface area contributed by atoms with Crippen LogP contribution in [-0.4, -0.2) is 53.4 Å². The lowest BCUT2D eigenvalue weighted by Crippen LogP contribution is -2.43. The first-order valence-corrected chi connectivity index (χ1v) is 16.0. The van der Waals surface area contributed by atoms with Crippen molar-refractivity contribution < 1.29 is 24.5 Å². The third-order valence-corrected chi connectivity index (χ3v) is 8.61. The summed E-state index contributed by atoms with van der Waals surface area (Å²) in [7, 11) is 2.02. The summed E-state index contributed by atoms with van der Waals surface area (Å²) in [4.78, 5) is 14.1. The number of amides is 2. The maximum absolute atomic E-state index is 11.9. The van der Waals surface area contributed by atoms with Gasteiger partial charge in [-0.15, -0.1) is 0 Å². The fourth-order valence-electron chi connectivity index (χ4n) is 5.82. The molecule has 5 rings (SSSR count). The minimum Gasteiger partial charge on any atom is -0.392 e. The molecule has 1 aliphatic rings. The van der Waals surface area contributed by atoms with Gasteiger partial charge in [-0.2, -0.15) is 0 Å². The van der Waals surface area contributed by atoms with E-state index < -0.39 is 12.4 Å². The number of urea groups is 1. The summed E-state index contributed by atoms with van der Waals surface area (Å²) >= 11 is 0. The van der Waals surface area contributed by atoms with E-state index in [1.54, 1.807) is 0 Å². The van der Waals surface area contributed by atoms with Crippen LogP contribution >= 0.6 is 0 Å². The summed E-state index contributed by atoms with van der Waals surface area (Å²) in [5.41, 5.74) is 6.72. The molecule has 4 aromatic carbocycles. The van der Waals surface area contributed by atoms with Gasteiger partial charge in [0.25, 0.3) is 0 Å². The van der Waals surface area contributed by atoms with Gasteiger partial charge >= 0.3 is 6.03 Å². The molecule has 1 fully saturated rings. The van der Waals surface area contributed by atoms with E-state index >= 15 is 0 Å². The molecule has 4 aromatic rings. The van der Waals surface area contributed by atoms with Gasteiger partial charge in [0.2, 0.25) is 0 Å². The van der Waals surface area contributed by atoms with Crippen LogP contribution in [0.2, 0.25) is 0 Å². The average molecular weight is 624 g/mol. The van der Waals surface area contributed by atoms with Crippen LogP contribution in [0, 0.1) is 0 Å². The zero-order valence-electron chi connectivity index (χ0n) is 26.8. The second-order valence-electron chi connectivity index (χ2n) is 11.9. The number of ether oxygens (including phenoxy) is 2. The molecule has 0 radical (unpaired) electrons. The molecule has 0 bridgehead atoms. The normalized spacial score (nSPS) is 19.4. The number of likely N-dealkylation sites (N-methyl/N-ethyl adjacent to an activating group) is 1. The van der Waals surface area contributed by atoms with Crippen molar-refractivity contribution >= 4 is 6.03 Å². The van der Waals surface area contributed by atoms with Crippen LogP contribution in [0.1, 0.15) is 66.6 Å². The molecule has 1 aliphatic heterocycles. The summed E-state index contributed by atoms with van der Waals surface area (Å²) in [5, 5.41) is 26.3. The fourth-order valence-corrected chi connectivity index (χ4v) is 5.82. The highest BCUT2D eigenvalue weighted by atomic mass is 16.7. The van der Waals surface area contributed by atoms with Crippen LogP contribution in [0.25, 0.3) is 11.1 Å². The van der Waals surface area contributed by atoms with Gasteiger partial charge in [-0.05, 0) is 66.4 Å². The molecule has 2 amide bonds. The standard InChI is InChI=1S/C38H45N3O5/c1-4-39-38(44)40-23-28-10-8-13-31(20-28)32-14-9-15-33(21-32)37-45-34(22-35(46-37)29-18-16-27(25-42)17-19-29)24-41(3)26(2)36(43)30-11-6-5-7-12-30/h5-21,26,34-37,42-43H,4,22-25H2,1-3H3,(H2,39,40,44)/t26-,34+,35-,36-,37-/m0/s1. The van der Waals surface area contributed by atoms with Crippen molar-refractivity contribution in [1.82, 2.24) is 15.5 Å². The number of hydrogen-bond donors (Lipinski definition) is 4. The van der Waals surface area contributed by atoms with Crippen LogP contribution in [-0.2, 0) is 22.6 Å². The highest BCUT2D eigenvalue weighted by Gasteiger charge is 2.34. The summed E-state index contributed by atoms with van der Waals surface area (Å²) in [6, 6.07) is 33.6. The van der Waals surface area contributed by atoms with Crippen molar-refractivity contribution in [1.29, 1.82) is 0 Å². The predicted octanol–water partition coefficient (Wildman–Crippen LogP) is 6.26. The Morgan fingerprint density at radius 1 is 0.870 bits per heavy atom. The molecule has 5 atom stereocenters. The number of carbonyl (C=O) groups excluding carboxylic acids is 1. The molecule has 0 unspecified atom stereocenters. The first-order valence-electron chi connectivity index (χ1n) is 16.0. The van der Waals surface area contributed by atoms with Gasteiger partial charge in [0.15, 0.2) is 6.29 Å². The minimum absolute atomic E-state index is 0.0113. The third-order valence-electron chi connectivity index (χ3n) is 8.61. The van der Waals surface area contributed by atoms with Crippen LogP contribution in [0.3, 0.4) is 0 Å². The van der Waals surface area contributed by atoms with Crippen molar-refractivity contribution in [3.63, 3.8) is 0 Å². The molecule has 242 valence electrons. The van der Waals surface area contributed by atoms with Crippen molar-refractivity contribution in [3.05, 3.63) is 131 Å². The van der Waals surface area contributed by atoms with E-state index in [1.807, 2.05) is 99.8 Å². The molecule has 0 spiro atoms. The molecule has 0 aromatic heterocycles. The first-order chi connectivity index (χ1) is 22.3. The van der Waals surface area contributed by atoms with Gasteiger partial charge in [-0.25, -0.2) is 4.79 Å².